The molecule has 0 amide bonds. The first-order valence-electron chi connectivity index (χ1n) is 6.15. The molecule has 0 radical (unpaired) electrons. The lowest BCUT2D eigenvalue weighted by Gasteiger charge is -2.29. The monoisotopic (exact) mass is 301 g/mol. The highest BCUT2D eigenvalue weighted by atomic mass is 79.9. The molecule has 0 bridgehead atoms. The predicted octanol–water partition coefficient (Wildman–Crippen LogP) is 4.33. The molecule has 2 atom stereocenters. The number of likely N-dealkylation sites (N-methyl/N-ethyl adjacent to an activating group) is 1. The van der Waals surface area contributed by atoms with E-state index >= 15 is 0 Å². The average Bonchev–Trinajstić information content (AvgIpc) is 2.24. The zero-order valence-corrected chi connectivity index (χ0v) is 12.5. The van der Waals surface area contributed by atoms with Crippen molar-refractivity contribution in [1.82, 2.24) is 5.32 Å². The molecule has 0 aliphatic heterocycles. The number of nitrogens with one attached hydrogen (secondary N) is 1. The van der Waals surface area contributed by atoms with Crippen LogP contribution in [0.5, 0.6) is 0 Å². The van der Waals surface area contributed by atoms with Gasteiger partial charge in [-0.1, -0.05) is 49.7 Å². The first kappa shape index (κ1) is 14.7. The molecule has 0 saturated heterocycles. The number of halogens is 2. The van der Waals surface area contributed by atoms with Gasteiger partial charge in [0.1, 0.15) is 5.82 Å². The van der Waals surface area contributed by atoms with E-state index in [1.54, 1.807) is 0 Å². The third kappa shape index (κ3) is 3.78. The molecule has 1 aromatic rings. The second-order valence-electron chi connectivity index (χ2n) is 4.78. The van der Waals surface area contributed by atoms with E-state index in [0.29, 0.717) is 17.9 Å². The van der Waals surface area contributed by atoms with E-state index in [4.69, 9.17) is 0 Å². The van der Waals surface area contributed by atoms with Gasteiger partial charge in [0.05, 0.1) is 0 Å². The average molecular weight is 302 g/mol. The SMILES string of the molecule is CCNC(C(C)C)C(C)c1ccc(F)cc1Br. The van der Waals surface area contributed by atoms with Gasteiger partial charge >= 0.3 is 0 Å². The molecule has 96 valence electrons. The maximum Gasteiger partial charge on any atom is 0.124 e. The summed E-state index contributed by atoms with van der Waals surface area (Å²) in [5, 5.41) is 3.51. The molecular formula is C14H21BrFN. The van der Waals surface area contributed by atoms with E-state index < -0.39 is 0 Å². The summed E-state index contributed by atoms with van der Waals surface area (Å²) in [5.41, 5.74) is 1.16. The molecule has 0 fully saturated rings. The molecule has 0 aromatic heterocycles. The van der Waals surface area contributed by atoms with E-state index in [2.05, 4.69) is 48.9 Å². The van der Waals surface area contributed by atoms with Crippen LogP contribution in [0.4, 0.5) is 4.39 Å². The van der Waals surface area contributed by atoms with Crippen LogP contribution in [0.3, 0.4) is 0 Å². The minimum Gasteiger partial charge on any atom is -0.313 e. The van der Waals surface area contributed by atoms with E-state index in [1.165, 1.54) is 12.1 Å². The largest absolute Gasteiger partial charge is 0.313 e. The lowest BCUT2D eigenvalue weighted by Crippen LogP contribution is -2.38. The molecule has 0 saturated carbocycles. The predicted molar refractivity (Wildman–Crippen MR) is 74.8 cm³/mol. The number of hydrogen-bond donors (Lipinski definition) is 1. The van der Waals surface area contributed by atoms with Crippen molar-refractivity contribution >= 4 is 15.9 Å². The Hall–Kier alpha value is -0.410. The fraction of sp³-hybridized carbons (Fsp3) is 0.571. The summed E-state index contributed by atoms with van der Waals surface area (Å²) in [5.74, 6) is 0.698. The number of benzene rings is 1. The highest BCUT2D eigenvalue weighted by Gasteiger charge is 2.22. The fourth-order valence-electron chi connectivity index (χ4n) is 2.29. The lowest BCUT2D eigenvalue weighted by atomic mass is 9.86. The number of rotatable bonds is 5. The summed E-state index contributed by atoms with van der Waals surface area (Å²) >= 11 is 3.45. The van der Waals surface area contributed by atoms with Gasteiger partial charge in [-0.2, -0.15) is 0 Å². The molecule has 1 rings (SSSR count). The standard InChI is InChI=1S/C14H21BrFN/c1-5-17-14(9(2)3)10(4)12-7-6-11(16)8-13(12)15/h6-10,14,17H,5H2,1-4H3. The maximum atomic E-state index is 13.1. The van der Waals surface area contributed by atoms with Crippen molar-refractivity contribution in [2.45, 2.75) is 39.7 Å². The normalized spacial score (nSPS) is 15.0. The molecule has 0 aliphatic carbocycles. The van der Waals surface area contributed by atoms with Crippen LogP contribution in [0, 0.1) is 11.7 Å². The van der Waals surface area contributed by atoms with Crippen LogP contribution in [0.15, 0.2) is 22.7 Å². The Balaban J connectivity index is 2.96. The van der Waals surface area contributed by atoms with Gasteiger partial charge in [0, 0.05) is 10.5 Å². The Labute approximate surface area is 112 Å². The lowest BCUT2D eigenvalue weighted by molar-refractivity contribution is 0.359. The minimum atomic E-state index is -0.197. The summed E-state index contributed by atoms with van der Waals surface area (Å²) in [6.45, 7) is 9.67. The highest BCUT2D eigenvalue weighted by Crippen LogP contribution is 2.30. The van der Waals surface area contributed by atoms with Crippen LogP contribution in [0.25, 0.3) is 0 Å². The molecular weight excluding hydrogens is 281 g/mol. The van der Waals surface area contributed by atoms with Crippen molar-refractivity contribution in [3.8, 4) is 0 Å². The first-order valence-corrected chi connectivity index (χ1v) is 6.95. The van der Waals surface area contributed by atoms with Gasteiger partial charge in [-0.15, -0.1) is 0 Å². The topological polar surface area (TPSA) is 12.0 Å². The highest BCUT2D eigenvalue weighted by molar-refractivity contribution is 9.10. The first-order chi connectivity index (χ1) is 7.97. The summed E-state index contributed by atoms with van der Waals surface area (Å²) in [4.78, 5) is 0. The number of hydrogen-bond acceptors (Lipinski definition) is 1. The van der Waals surface area contributed by atoms with Crippen LogP contribution in [-0.4, -0.2) is 12.6 Å². The summed E-state index contributed by atoms with van der Waals surface area (Å²) in [6.07, 6.45) is 0. The van der Waals surface area contributed by atoms with Crippen molar-refractivity contribution in [3.63, 3.8) is 0 Å². The van der Waals surface area contributed by atoms with Gasteiger partial charge in [0.15, 0.2) is 0 Å². The molecule has 0 aliphatic rings. The fourth-order valence-corrected chi connectivity index (χ4v) is 3.00. The summed E-state index contributed by atoms with van der Waals surface area (Å²) < 4.78 is 13.9. The second-order valence-corrected chi connectivity index (χ2v) is 5.64. The second kappa shape index (κ2) is 6.50. The third-order valence-corrected chi connectivity index (χ3v) is 3.84. The van der Waals surface area contributed by atoms with Gasteiger partial charge < -0.3 is 5.32 Å². The van der Waals surface area contributed by atoms with Crippen LogP contribution in [0.2, 0.25) is 0 Å². The molecule has 3 heteroatoms. The molecule has 2 unspecified atom stereocenters. The van der Waals surface area contributed by atoms with Crippen LogP contribution >= 0.6 is 15.9 Å². The van der Waals surface area contributed by atoms with E-state index in [9.17, 15) is 4.39 Å². The van der Waals surface area contributed by atoms with Crippen molar-refractivity contribution in [2.75, 3.05) is 6.54 Å². The molecule has 0 spiro atoms. The molecule has 1 nitrogen and oxygen atoms in total. The van der Waals surface area contributed by atoms with Crippen molar-refractivity contribution in [1.29, 1.82) is 0 Å². The van der Waals surface area contributed by atoms with E-state index in [-0.39, 0.29) is 5.82 Å². The quantitative estimate of drug-likeness (QED) is 0.854. The minimum absolute atomic E-state index is 0.197. The van der Waals surface area contributed by atoms with Gasteiger partial charge in [-0.3, -0.25) is 0 Å². The van der Waals surface area contributed by atoms with Gasteiger partial charge in [0.2, 0.25) is 0 Å². The summed E-state index contributed by atoms with van der Waals surface area (Å²) in [7, 11) is 0. The Bertz CT molecular complexity index is 365. The van der Waals surface area contributed by atoms with E-state index in [0.717, 1.165) is 16.6 Å². The summed E-state index contributed by atoms with van der Waals surface area (Å²) in [6, 6.07) is 5.34. The van der Waals surface area contributed by atoms with Gasteiger partial charge in [-0.05, 0) is 36.1 Å². The van der Waals surface area contributed by atoms with Gasteiger partial charge in [-0.25, -0.2) is 4.39 Å². The zero-order chi connectivity index (χ0) is 13.0. The van der Waals surface area contributed by atoms with Gasteiger partial charge in [0.25, 0.3) is 0 Å². The molecule has 1 N–H and O–H groups in total. The smallest absolute Gasteiger partial charge is 0.124 e. The molecule has 17 heavy (non-hydrogen) atoms. The van der Waals surface area contributed by atoms with E-state index in [1.807, 2.05) is 6.07 Å². The molecule has 0 heterocycles. The van der Waals surface area contributed by atoms with Crippen LogP contribution in [0.1, 0.15) is 39.2 Å². The zero-order valence-electron chi connectivity index (χ0n) is 10.9. The Morgan fingerprint density at radius 3 is 2.41 bits per heavy atom. The van der Waals surface area contributed by atoms with Crippen molar-refractivity contribution in [3.05, 3.63) is 34.1 Å². The van der Waals surface area contributed by atoms with Crippen molar-refractivity contribution in [2.24, 2.45) is 5.92 Å². The Morgan fingerprint density at radius 1 is 1.29 bits per heavy atom. The Morgan fingerprint density at radius 2 is 1.94 bits per heavy atom. The third-order valence-electron chi connectivity index (χ3n) is 3.15. The van der Waals surface area contributed by atoms with Crippen LogP contribution < -0.4 is 5.32 Å². The molecule has 1 aromatic carbocycles. The van der Waals surface area contributed by atoms with Crippen LogP contribution in [-0.2, 0) is 0 Å². The maximum absolute atomic E-state index is 13.1. The van der Waals surface area contributed by atoms with Crippen molar-refractivity contribution < 1.29 is 4.39 Å². The Kier molecular flexibility index (Phi) is 5.60.